The first-order chi connectivity index (χ1) is 5.61. The molecular weight excluding hydrogens is 182 g/mol. The molecule has 1 saturated carbocycles. The van der Waals surface area contributed by atoms with Gasteiger partial charge in [-0.2, -0.15) is 0 Å². The molecule has 0 N–H and O–H groups in total. The first-order valence-corrected chi connectivity index (χ1v) is 4.97. The van der Waals surface area contributed by atoms with Crippen molar-refractivity contribution in [3.63, 3.8) is 0 Å². The Bertz CT molecular complexity index is 138. The summed E-state index contributed by atoms with van der Waals surface area (Å²) in [4.78, 5) is 0. The van der Waals surface area contributed by atoms with Gasteiger partial charge in [0.15, 0.2) is 0 Å². The Hall–Kier alpha value is 0.150. The minimum atomic E-state index is -1.35. The molecule has 0 aliphatic heterocycles. The predicted octanol–water partition coefficient (Wildman–Crippen LogP) is 3.48. The predicted molar refractivity (Wildman–Crippen MR) is 47.1 cm³/mol. The molecule has 4 atom stereocenters. The summed E-state index contributed by atoms with van der Waals surface area (Å²) in [6, 6.07) is 0. The summed E-state index contributed by atoms with van der Waals surface area (Å²) in [5.74, 6) is -0.152. The normalized spacial score (nSPS) is 36.0. The van der Waals surface area contributed by atoms with Gasteiger partial charge >= 0.3 is 0 Å². The molecule has 0 amide bonds. The van der Waals surface area contributed by atoms with E-state index in [1.807, 2.05) is 0 Å². The number of hydrogen-bond donors (Lipinski definition) is 0. The molecule has 0 aromatic rings. The average molecular weight is 197 g/mol. The first kappa shape index (κ1) is 10.2. The van der Waals surface area contributed by atoms with Crippen molar-refractivity contribution < 1.29 is 8.78 Å². The van der Waals surface area contributed by atoms with Crippen LogP contribution in [0.4, 0.5) is 8.78 Å². The van der Waals surface area contributed by atoms with Crippen molar-refractivity contribution in [1.82, 2.24) is 0 Å². The number of halogens is 3. The van der Waals surface area contributed by atoms with Crippen LogP contribution >= 0.6 is 11.6 Å². The van der Waals surface area contributed by atoms with E-state index in [1.54, 1.807) is 0 Å². The molecule has 1 aliphatic rings. The molecule has 0 bridgehead atoms. The van der Waals surface area contributed by atoms with Crippen LogP contribution in [0.2, 0.25) is 0 Å². The van der Waals surface area contributed by atoms with Crippen molar-refractivity contribution in [3.05, 3.63) is 0 Å². The van der Waals surface area contributed by atoms with Gasteiger partial charge in [-0.1, -0.05) is 6.42 Å². The first-order valence-electron chi connectivity index (χ1n) is 4.53. The second-order valence-electron chi connectivity index (χ2n) is 3.65. The largest absolute Gasteiger partial charge is 0.245 e. The fourth-order valence-electron chi connectivity index (χ4n) is 1.83. The Morgan fingerprint density at radius 1 is 1.33 bits per heavy atom. The molecule has 72 valence electrons. The van der Waals surface area contributed by atoms with E-state index in [0.717, 1.165) is 19.3 Å². The van der Waals surface area contributed by atoms with Crippen molar-refractivity contribution >= 4 is 11.6 Å². The maximum atomic E-state index is 13.2. The van der Waals surface area contributed by atoms with E-state index in [9.17, 15) is 8.78 Å². The molecule has 3 unspecified atom stereocenters. The van der Waals surface area contributed by atoms with Crippen LogP contribution in [0.5, 0.6) is 0 Å². The molecule has 0 radical (unpaired) electrons. The van der Waals surface area contributed by atoms with Gasteiger partial charge in [0.2, 0.25) is 0 Å². The third-order valence-corrected chi connectivity index (χ3v) is 2.94. The molecular formula is C9H15ClF2. The number of hydrogen-bond acceptors (Lipinski definition) is 0. The van der Waals surface area contributed by atoms with Gasteiger partial charge in [-0.15, -0.1) is 11.6 Å². The van der Waals surface area contributed by atoms with Crippen LogP contribution in [0.25, 0.3) is 0 Å². The molecule has 0 nitrogen and oxygen atoms in total. The van der Waals surface area contributed by atoms with Crippen molar-refractivity contribution in [2.45, 2.75) is 50.3 Å². The highest BCUT2D eigenvalue weighted by Crippen LogP contribution is 2.32. The fourth-order valence-corrected chi connectivity index (χ4v) is 2.21. The fraction of sp³-hybridized carbons (Fsp3) is 1.00. The highest BCUT2D eigenvalue weighted by atomic mass is 35.5. The summed E-state index contributed by atoms with van der Waals surface area (Å²) >= 11 is 5.87. The smallest absolute Gasteiger partial charge is 0.134 e. The van der Waals surface area contributed by atoms with Crippen LogP contribution in [0, 0.1) is 5.92 Å². The van der Waals surface area contributed by atoms with Gasteiger partial charge in [-0.05, 0) is 32.1 Å². The van der Waals surface area contributed by atoms with E-state index in [1.165, 1.54) is 6.92 Å². The van der Waals surface area contributed by atoms with Crippen LogP contribution < -0.4 is 0 Å². The lowest BCUT2D eigenvalue weighted by Gasteiger charge is -2.28. The summed E-state index contributed by atoms with van der Waals surface area (Å²) in [5, 5.41) is 0.0562. The van der Waals surface area contributed by atoms with Crippen molar-refractivity contribution in [1.29, 1.82) is 0 Å². The zero-order valence-electron chi connectivity index (χ0n) is 7.27. The zero-order chi connectivity index (χ0) is 9.14. The summed E-state index contributed by atoms with van der Waals surface area (Å²) in [6.45, 7) is 1.28. The Kier molecular flexibility index (Phi) is 3.76. The van der Waals surface area contributed by atoms with Gasteiger partial charge in [0.25, 0.3) is 0 Å². The molecule has 1 fully saturated rings. The van der Waals surface area contributed by atoms with Gasteiger partial charge in [0.05, 0.1) is 0 Å². The summed E-state index contributed by atoms with van der Waals surface area (Å²) in [6.07, 6.45) is 0.649. The van der Waals surface area contributed by atoms with Crippen LogP contribution in [-0.2, 0) is 0 Å². The molecule has 0 aromatic heterocycles. The Balaban J connectivity index is 2.40. The molecule has 0 aromatic carbocycles. The van der Waals surface area contributed by atoms with Crippen LogP contribution in [0.3, 0.4) is 0 Å². The maximum absolute atomic E-state index is 13.2. The van der Waals surface area contributed by atoms with Crippen molar-refractivity contribution in [2.75, 3.05) is 0 Å². The minimum absolute atomic E-state index is 0.0562. The molecule has 1 aliphatic carbocycles. The van der Waals surface area contributed by atoms with Gasteiger partial charge in [-0.25, -0.2) is 8.78 Å². The quantitative estimate of drug-likeness (QED) is 0.594. The summed E-state index contributed by atoms with van der Waals surface area (Å²) < 4.78 is 25.7. The third-order valence-electron chi connectivity index (χ3n) is 2.54. The number of alkyl halides is 3. The van der Waals surface area contributed by atoms with Crippen molar-refractivity contribution in [3.8, 4) is 0 Å². The second kappa shape index (κ2) is 4.40. The highest BCUT2D eigenvalue weighted by Gasteiger charge is 2.30. The van der Waals surface area contributed by atoms with Gasteiger partial charge in [0.1, 0.15) is 12.3 Å². The standard InChI is InChI=1S/C9H15ClF2/c1-6(11)9(12)7-3-2-4-8(10)5-7/h6-9H,2-5H2,1H3/t6?,7?,8-,9?/m0/s1. The number of rotatable bonds is 2. The molecule has 0 saturated heterocycles. The molecule has 1 rings (SSSR count). The minimum Gasteiger partial charge on any atom is -0.245 e. The van der Waals surface area contributed by atoms with E-state index in [0.29, 0.717) is 6.42 Å². The topological polar surface area (TPSA) is 0 Å². The van der Waals surface area contributed by atoms with Crippen LogP contribution in [0.15, 0.2) is 0 Å². The second-order valence-corrected chi connectivity index (χ2v) is 4.26. The highest BCUT2D eigenvalue weighted by molar-refractivity contribution is 6.20. The Morgan fingerprint density at radius 3 is 2.50 bits per heavy atom. The van der Waals surface area contributed by atoms with Crippen LogP contribution in [-0.4, -0.2) is 17.7 Å². The van der Waals surface area contributed by atoms with Gasteiger partial charge in [-0.3, -0.25) is 0 Å². The van der Waals surface area contributed by atoms with Gasteiger partial charge in [0, 0.05) is 5.38 Å². The third kappa shape index (κ3) is 2.58. The van der Waals surface area contributed by atoms with E-state index in [2.05, 4.69) is 0 Å². The average Bonchev–Trinajstić information content (AvgIpc) is 2.03. The molecule has 12 heavy (non-hydrogen) atoms. The lowest BCUT2D eigenvalue weighted by molar-refractivity contribution is 0.0995. The monoisotopic (exact) mass is 196 g/mol. The lowest BCUT2D eigenvalue weighted by atomic mass is 9.84. The Labute approximate surface area is 77.3 Å². The van der Waals surface area contributed by atoms with E-state index in [-0.39, 0.29) is 11.3 Å². The zero-order valence-corrected chi connectivity index (χ0v) is 8.03. The molecule has 0 heterocycles. The van der Waals surface area contributed by atoms with E-state index < -0.39 is 12.3 Å². The van der Waals surface area contributed by atoms with Crippen LogP contribution in [0.1, 0.15) is 32.6 Å². The van der Waals surface area contributed by atoms with E-state index in [4.69, 9.17) is 11.6 Å². The molecule has 0 spiro atoms. The van der Waals surface area contributed by atoms with Gasteiger partial charge < -0.3 is 0 Å². The van der Waals surface area contributed by atoms with Crippen molar-refractivity contribution in [2.24, 2.45) is 5.92 Å². The Morgan fingerprint density at radius 2 is 2.00 bits per heavy atom. The maximum Gasteiger partial charge on any atom is 0.134 e. The summed E-state index contributed by atoms with van der Waals surface area (Å²) in [5.41, 5.74) is 0. The van der Waals surface area contributed by atoms with E-state index >= 15 is 0 Å². The summed E-state index contributed by atoms with van der Waals surface area (Å²) in [7, 11) is 0. The lowest BCUT2D eigenvalue weighted by Crippen LogP contribution is -2.29. The molecule has 3 heteroatoms. The SMILES string of the molecule is CC(F)C(F)C1CCC[C@H](Cl)C1.